The number of carbonyl (C=O) groups is 1. The molecule has 32 heavy (non-hydrogen) atoms. The molecule has 1 aliphatic heterocycles. The van der Waals surface area contributed by atoms with Crippen molar-refractivity contribution in [2.45, 2.75) is 19.4 Å². The molecule has 0 aliphatic carbocycles. The molecule has 6 heteroatoms. The van der Waals surface area contributed by atoms with E-state index in [1.807, 2.05) is 61.5 Å². The maximum Gasteiger partial charge on any atom is 0.290 e. The summed E-state index contributed by atoms with van der Waals surface area (Å²) in [7, 11) is 0. The fraction of sp³-hybridized carbons (Fsp3) is 0.115. The summed E-state index contributed by atoms with van der Waals surface area (Å²) < 4.78 is 0. The van der Waals surface area contributed by atoms with Gasteiger partial charge >= 0.3 is 0 Å². The van der Waals surface area contributed by atoms with Crippen LogP contribution in [0.15, 0.2) is 90.3 Å². The third-order valence-electron chi connectivity index (χ3n) is 5.69. The molecule has 0 saturated heterocycles. The number of aromatic hydroxyl groups is 1. The van der Waals surface area contributed by atoms with Gasteiger partial charge in [0, 0.05) is 35.6 Å². The lowest BCUT2D eigenvalue weighted by atomic mass is 9.98. The number of hydrogen-bond acceptors (Lipinski definition) is 4. The van der Waals surface area contributed by atoms with Crippen molar-refractivity contribution in [3.8, 4) is 17.0 Å². The van der Waals surface area contributed by atoms with Gasteiger partial charge in [-0.05, 0) is 36.8 Å². The van der Waals surface area contributed by atoms with E-state index >= 15 is 0 Å². The van der Waals surface area contributed by atoms with E-state index in [4.69, 9.17) is 0 Å². The van der Waals surface area contributed by atoms with Crippen LogP contribution < -0.4 is 0 Å². The van der Waals surface area contributed by atoms with Crippen LogP contribution in [0.1, 0.15) is 39.6 Å². The van der Waals surface area contributed by atoms with Crippen LogP contribution in [-0.4, -0.2) is 31.7 Å². The van der Waals surface area contributed by atoms with Gasteiger partial charge in [-0.3, -0.25) is 9.78 Å². The quantitative estimate of drug-likeness (QED) is 0.481. The number of rotatable bonds is 4. The maximum atomic E-state index is 13.5. The molecule has 158 valence electrons. The van der Waals surface area contributed by atoms with Crippen molar-refractivity contribution in [3.05, 3.63) is 108 Å². The molecule has 0 saturated carbocycles. The second-order valence-corrected chi connectivity index (χ2v) is 7.87. The molecule has 6 nitrogen and oxygen atoms in total. The monoisotopic (exact) mass is 422 g/mol. The Hall–Kier alpha value is -4.19. The third kappa shape index (κ3) is 3.67. The fourth-order valence-electron chi connectivity index (χ4n) is 3.96. The van der Waals surface area contributed by atoms with Crippen molar-refractivity contribution in [2.24, 2.45) is 5.10 Å². The molecule has 0 spiro atoms. The predicted octanol–water partition coefficient (Wildman–Crippen LogP) is 5.08. The minimum absolute atomic E-state index is 0.143. The van der Waals surface area contributed by atoms with Crippen LogP contribution in [0.3, 0.4) is 0 Å². The fourth-order valence-corrected chi connectivity index (χ4v) is 3.96. The number of aryl methyl sites for hydroxylation is 1. The van der Waals surface area contributed by atoms with Crippen molar-refractivity contribution in [1.29, 1.82) is 0 Å². The largest absolute Gasteiger partial charge is 0.508 e. The van der Waals surface area contributed by atoms with E-state index < -0.39 is 6.04 Å². The average molecular weight is 422 g/mol. The minimum atomic E-state index is -0.412. The molecule has 3 heterocycles. The number of pyridine rings is 1. The molecule has 2 N–H and O–H groups in total. The number of benzene rings is 2. The summed E-state index contributed by atoms with van der Waals surface area (Å²) in [6.45, 7) is 2.04. The van der Waals surface area contributed by atoms with E-state index in [-0.39, 0.29) is 11.7 Å². The highest BCUT2D eigenvalue weighted by atomic mass is 16.3. The normalized spacial score (nSPS) is 15.6. The summed E-state index contributed by atoms with van der Waals surface area (Å²) in [5.41, 5.74) is 5.76. The average Bonchev–Trinajstić information content (AvgIpc) is 3.48. The first-order valence-electron chi connectivity index (χ1n) is 10.5. The first-order valence-corrected chi connectivity index (χ1v) is 10.5. The van der Waals surface area contributed by atoms with E-state index in [1.165, 1.54) is 10.6 Å². The number of amides is 1. The summed E-state index contributed by atoms with van der Waals surface area (Å²) in [4.78, 5) is 20.9. The van der Waals surface area contributed by atoms with Gasteiger partial charge in [0.05, 0.1) is 11.8 Å². The van der Waals surface area contributed by atoms with Gasteiger partial charge < -0.3 is 10.1 Å². The number of hydrazone groups is 1. The number of nitrogens with zero attached hydrogens (tertiary/aromatic N) is 3. The lowest BCUT2D eigenvalue weighted by molar-refractivity contribution is 0.0704. The second-order valence-electron chi connectivity index (χ2n) is 7.87. The number of H-pyrrole nitrogens is 1. The van der Waals surface area contributed by atoms with E-state index in [0.29, 0.717) is 17.7 Å². The summed E-state index contributed by atoms with van der Waals surface area (Å²) >= 11 is 0. The number of phenolic OH excluding ortho intramolecular Hbond substituents is 1. The highest BCUT2D eigenvalue weighted by Crippen LogP contribution is 2.37. The Bertz CT molecular complexity index is 1290. The molecule has 5 rings (SSSR count). The number of aromatic amines is 1. The van der Waals surface area contributed by atoms with Gasteiger partial charge in [0.15, 0.2) is 0 Å². The molecular weight excluding hydrogens is 400 g/mol. The SMILES string of the molecule is Cc1ccc(-c2ccc(C(=O)N3N=C(c4cccnc4)CC3c3ccccc3O)[nH]2)cc1. The van der Waals surface area contributed by atoms with Crippen molar-refractivity contribution in [3.63, 3.8) is 0 Å². The zero-order valence-electron chi connectivity index (χ0n) is 17.6. The number of aromatic nitrogens is 2. The minimum Gasteiger partial charge on any atom is -0.508 e. The van der Waals surface area contributed by atoms with Gasteiger partial charge in [0.1, 0.15) is 11.4 Å². The van der Waals surface area contributed by atoms with Crippen LogP contribution in [0.5, 0.6) is 5.75 Å². The highest BCUT2D eigenvalue weighted by molar-refractivity contribution is 6.04. The van der Waals surface area contributed by atoms with Crippen LogP contribution in [-0.2, 0) is 0 Å². The summed E-state index contributed by atoms with van der Waals surface area (Å²) in [5, 5.41) is 16.6. The number of phenols is 1. The van der Waals surface area contributed by atoms with E-state index in [1.54, 1.807) is 30.6 Å². The predicted molar refractivity (Wildman–Crippen MR) is 123 cm³/mol. The highest BCUT2D eigenvalue weighted by Gasteiger charge is 2.35. The first kappa shape index (κ1) is 19.8. The zero-order valence-corrected chi connectivity index (χ0v) is 17.6. The molecule has 1 amide bonds. The van der Waals surface area contributed by atoms with Crippen LogP contribution >= 0.6 is 0 Å². The molecule has 0 radical (unpaired) electrons. The smallest absolute Gasteiger partial charge is 0.290 e. The number of nitrogens with one attached hydrogen (secondary N) is 1. The van der Waals surface area contributed by atoms with E-state index in [2.05, 4.69) is 15.1 Å². The Labute approximate surface area is 185 Å². The number of para-hydroxylation sites is 1. The Morgan fingerprint density at radius 2 is 1.81 bits per heavy atom. The molecule has 0 bridgehead atoms. The Balaban J connectivity index is 1.51. The third-order valence-corrected chi connectivity index (χ3v) is 5.69. The zero-order chi connectivity index (χ0) is 22.1. The molecular formula is C26H22N4O2. The van der Waals surface area contributed by atoms with Gasteiger partial charge in [-0.2, -0.15) is 5.10 Å². The van der Waals surface area contributed by atoms with Crippen LogP contribution in [0.25, 0.3) is 11.3 Å². The van der Waals surface area contributed by atoms with Gasteiger partial charge in [-0.1, -0.05) is 54.1 Å². The van der Waals surface area contributed by atoms with Gasteiger partial charge in [0.2, 0.25) is 0 Å². The Kier molecular flexibility index (Phi) is 5.03. The van der Waals surface area contributed by atoms with Crippen LogP contribution in [0.4, 0.5) is 0 Å². The number of carbonyl (C=O) groups excluding carboxylic acids is 1. The molecule has 2 aromatic carbocycles. The van der Waals surface area contributed by atoms with Crippen molar-refractivity contribution >= 4 is 11.6 Å². The van der Waals surface area contributed by atoms with Gasteiger partial charge in [-0.25, -0.2) is 5.01 Å². The van der Waals surface area contributed by atoms with E-state index in [0.717, 1.165) is 22.5 Å². The molecule has 0 fully saturated rings. The maximum absolute atomic E-state index is 13.5. The van der Waals surface area contributed by atoms with Gasteiger partial charge in [-0.15, -0.1) is 0 Å². The van der Waals surface area contributed by atoms with Crippen molar-refractivity contribution in [1.82, 2.24) is 15.0 Å². The van der Waals surface area contributed by atoms with Crippen LogP contribution in [0.2, 0.25) is 0 Å². The Morgan fingerprint density at radius 3 is 2.56 bits per heavy atom. The van der Waals surface area contributed by atoms with E-state index in [9.17, 15) is 9.90 Å². The topological polar surface area (TPSA) is 81.6 Å². The van der Waals surface area contributed by atoms with Crippen LogP contribution in [0, 0.1) is 6.92 Å². The second kappa shape index (κ2) is 8.15. The lowest BCUT2D eigenvalue weighted by Crippen LogP contribution is -2.27. The standard InChI is InChI=1S/C26H22N4O2/c1-17-8-10-18(11-9-17)21-12-13-22(28-21)26(32)30-24(20-6-2-3-7-25(20)31)15-23(29-30)19-5-4-14-27-16-19/h2-14,16,24,28,31H,15H2,1H3. The summed E-state index contributed by atoms with van der Waals surface area (Å²) in [6, 6.07) is 22.2. The molecule has 4 aromatic rings. The molecule has 1 aliphatic rings. The number of hydrogen-bond donors (Lipinski definition) is 2. The van der Waals surface area contributed by atoms with Gasteiger partial charge in [0.25, 0.3) is 5.91 Å². The molecule has 2 aromatic heterocycles. The molecule has 1 unspecified atom stereocenters. The summed E-state index contributed by atoms with van der Waals surface area (Å²) in [6.07, 6.45) is 3.92. The summed E-state index contributed by atoms with van der Waals surface area (Å²) in [5.74, 6) is -0.111. The lowest BCUT2D eigenvalue weighted by Gasteiger charge is -2.22. The first-order chi connectivity index (χ1) is 15.6. The molecule has 1 atom stereocenters. The van der Waals surface area contributed by atoms with Crippen molar-refractivity contribution < 1.29 is 9.90 Å². The van der Waals surface area contributed by atoms with Crippen molar-refractivity contribution in [2.75, 3.05) is 0 Å². The Morgan fingerprint density at radius 1 is 1.00 bits per heavy atom.